The van der Waals surface area contributed by atoms with E-state index in [-0.39, 0.29) is 30.3 Å². The first-order valence-electron chi connectivity index (χ1n) is 7.67. The van der Waals surface area contributed by atoms with Crippen LogP contribution in [0.15, 0.2) is 12.1 Å². The molecule has 128 valence electrons. The van der Waals surface area contributed by atoms with Gasteiger partial charge in [-0.2, -0.15) is 0 Å². The van der Waals surface area contributed by atoms with Crippen LogP contribution in [0, 0.1) is 19.8 Å². The number of aryl methyl sites for hydroxylation is 1. The molecule has 1 fully saturated rings. The third kappa shape index (κ3) is 4.69. The number of carbonyl (C=O) groups excluding carboxylic acids is 2. The largest absolute Gasteiger partial charge is 0.465 e. The zero-order valence-electron chi connectivity index (χ0n) is 13.8. The Labute approximate surface area is 143 Å². The fraction of sp³-hybridized carbons (Fsp3) is 0.529. The summed E-state index contributed by atoms with van der Waals surface area (Å²) in [5.74, 6) is -0.192. The molecule has 1 saturated carbocycles. The molecule has 6 heteroatoms. The molecule has 0 spiro atoms. The predicted octanol–water partition coefficient (Wildman–Crippen LogP) is 2.97. The maximum atomic E-state index is 12.2. The van der Waals surface area contributed by atoms with Gasteiger partial charge in [-0.05, 0) is 55.9 Å². The summed E-state index contributed by atoms with van der Waals surface area (Å²) >= 11 is 0. The van der Waals surface area contributed by atoms with E-state index in [1.54, 1.807) is 6.07 Å². The Bertz CT molecular complexity index is 589. The lowest BCUT2D eigenvalue weighted by molar-refractivity contribution is -0.117. The third-order valence-corrected chi connectivity index (χ3v) is 4.52. The number of carbonyl (C=O) groups is 2. The molecule has 0 saturated heterocycles. The number of halogens is 1. The number of hydrogen-bond acceptors (Lipinski definition) is 4. The SMILES string of the molecule is COC(=O)c1cc(NC(=O)C[C@@H]2CCC[C@H]2N)cc(C)c1C.Cl. The van der Waals surface area contributed by atoms with Crippen molar-refractivity contribution < 1.29 is 14.3 Å². The molecule has 0 unspecified atom stereocenters. The standard InChI is InChI=1S/C17H24N2O3.ClH/c1-10-7-13(9-14(11(10)2)17(21)22-3)19-16(20)8-12-5-4-6-15(12)18;/h7,9,12,15H,4-6,8,18H2,1-3H3,(H,19,20);1H/t12-,15+;/m0./s1. The zero-order chi connectivity index (χ0) is 16.3. The summed E-state index contributed by atoms with van der Waals surface area (Å²) in [6, 6.07) is 3.66. The molecule has 1 aliphatic carbocycles. The quantitative estimate of drug-likeness (QED) is 0.825. The van der Waals surface area contributed by atoms with Gasteiger partial charge in [0, 0.05) is 18.2 Å². The van der Waals surface area contributed by atoms with Gasteiger partial charge in [0.25, 0.3) is 0 Å². The van der Waals surface area contributed by atoms with Gasteiger partial charge in [-0.25, -0.2) is 4.79 Å². The van der Waals surface area contributed by atoms with Crippen LogP contribution in [0.3, 0.4) is 0 Å². The highest BCUT2D eigenvalue weighted by Crippen LogP contribution is 2.27. The first kappa shape index (κ1) is 19.5. The summed E-state index contributed by atoms with van der Waals surface area (Å²) in [5.41, 5.74) is 8.92. The molecule has 0 aromatic heterocycles. The van der Waals surface area contributed by atoms with Crippen molar-refractivity contribution >= 4 is 30.0 Å². The summed E-state index contributed by atoms with van der Waals surface area (Å²) in [4.78, 5) is 24.0. The average Bonchev–Trinajstić information content (AvgIpc) is 2.87. The number of anilines is 1. The molecule has 5 nitrogen and oxygen atoms in total. The lowest BCUT2D eigenvalue weighted by Gasteiger charge is -2.16. The Hall–Kier alpha value is -1.59. The molecular weight excluding hydrogens is 316 g/mol. The van der Waals surface area contributed by atoms with Gasteiger partial charge in [-0.1, -0.05) is 6.42 Å². The molecule has 2 atom stereocenters. The predicted molar refractivity (Wildman–Crippen MR) is 93.1 cm³/mol. The van der Waals surface area contributed by atoms with Crippen molar-refractivity contribution in [2.75, 3.05) is 12.4 Å². The average molecular weight is 341 g/mol. The van der Waals surface area contributed by atoms with Crippen LogP contribution in [0.25, 0.3) is 0 Å². The first-order valence-corrected chi connectivity index (χ1v) is 7.67. The van der Waals surface area contributed by atoms with Crippen molar-refractivity contribution in [1.82, 2.24) is 0 Å². The van der Waals surface area contributed by atoms with E-state index < -0.39 is 5.97 Å². The van der Waals surface area contributed by atoms with Crippen molar-refractivity contribution in [2.24, 2.45) is 11.7 Å². The molecule has 0 heterocycles. The van der Waals surface area contributed by atoms with Crippen LogP contribution in [0.4, 0.5) is 5.69 Å². The molecule has 23 heavy (non-hydrogen) atoms. The first-order chi connectivity index (χ1) is 10.4. The molecule has 1 aliphatic rings. The maximum Gasteiger partial charge on any atom is 0.338 e. The van der Waals surface area contributed by atoms with E-state index >= 15 is 0 Å². The lowest BCUT2D eigenvalue weighted by Crippen LogP contribution is -2.28. The Balaban J connectivity index is 0.00000264. The van der Waals surface area contributed by atoms with Crippen molar-refractivity contribution in [1.29, 1.82) is 0 Å². The highest BCUT2D eigenvalue weighted by molar-refractivity contribution is 5.96. The zero-order valence-corrected chi connectivity index (χ0v) is 14.7. The van der Waals surface area contributed by atoms with Crippen LogP contribution in [-0.4, -0.2) is 25.0 Å². The second-order valence-corrected chi connectivity index (χ2v) is 6.06. The minimum atomic E-state index is -0.394. The normalized spacial score (nSPS) is 19.8. The van der Waals surface area contributed by atoms with Crippen molar-refractivity contribution in [3.8, 4) is 0 Å². The van der Waals surface area contributed by atoms with E-state index in [2.05, 4.69) is 5.32 Å². The molecule has 2 rings (SSSR count). The van der Waals surface area contributed by atoms with Crippen molar-refractivity contribution in [3.63, 3.8) is 0 Å². The highest BCUT2D eigenvalue weighted by atomic mass is 35.5. The van der Waals surface area contributed by atoms with Crippen LogP contribution in [0.1, 0.15) is 47.2 Å². The van der Waals surface area contributed by atoms with Gasteiger partial charge in [0.05, 0.1) is 12.7 Å². The number of rotatable bonds is 4. The third-order valence-electron chi connectivity index (χ3n) is 4.52. The number of nitrogens with two attached hydrogens (primary N) is 1. The topological polar surface area (TPSA) is 81.4 Å². The van der Waals surface area contributed by atoms with Crippen LogP contribution >= 0.6 is 12.4 Å². The van der Waals surface area contributed by atoms with E-state index in [4.69, 9.17) is 10.5 Å². The Morgan fingerprint density at radius 2 is 2.00 bits per heavy atom. The van der Waals surface area contributed by atoms with Crippen LogP contribution in [0.5, 0.6) is 0 Å². The van der Waals surface area contributed by atoms with Crippen LogP contribution in [-0.2, 0) is 9.53 Å². The molecule has 3 N–H and O–H groups in total. The smallest absolute Gasteiger partial charge is 0.338 e. The minimum absolute atomic E-state index is 0. The molecular formula is C17H25ClN2O3. The molecule has 1 aromatic rings. The molecule has 1 amide bonds. The van der Waals surface area contributed by atoms with E-state index in [1.165, 1.54) is 7.11 Å². The van der Waals surface area contributed by atoms with Gasteiger partial charge >= 0.3 is 5.97 Å². The lowest BCUT2D eigenvalue weighted by atomic mass is 9.99. The number of methoxy groups -OCH3 is 1. The Morgan fingerprint density at radius 3 is 2.57 bits per heavy atom. The fourth-order valence-corrected chi connectivity index (χ4v) is 3.02. The van der Waals surface area contributed by atoms with E-state index in [0.29, 0.717) is 17.7 Å². The molecule has 0 radical (unpaired) electrons. The van der Waals surface area contributed by atoms with Gasteiger partial charge in [0.2, 0.25) is 5.91 Å². The van der Waals surface area contributed by atoms with Gasteiger partial charge in [-0.15, -0.1) is 12.4 Å². The van der Waals surface area contributed by atoms with E-state index in [0.717, 1.165) is 30.4 Å². The summed E-state index contributed by atoms with van der Waals surface area (Å²) < 4.78 is 4.79. The van der Waals surface area contributed by atoms with Gasteiger partial charge in [0.1, 0.15) is 0 Å². The number of ether oxygens (including phenoxy) is 1. The molecule has 0 bridgehead atoms. The van der Waals surface area contributed by atoms with Gasteiger partial charge in [0.15, 0.2) is 0 Å². The molecule has 0 aliphatic heterocycles. The molecule has 1 aromatic carbocycles. The number of benzene rings is 1. The Kier molecular flexibility index (Phi) is 7.03. The Morgan fingerprint density at radius 1 is 1.30 bits per heavy atom. The van der Waals surface area contributed by atoms with Crippen LogP contribution < -0.4 is 11.1 Å². The summed E-state index contributed by atoms with van der Waals surface area (Å²) in [6.07, 6.45) is 3.53. The number of nitrogens with one attached hydrogen (secondary N) is 1. The van der Waals surface area contributed by atoms with Crippen molar-refractivity contribution in [3.05, 3.63) is 28.8 Å². The van der Waals surface area contributed by atoms with Gasteiger partial charge < -0.3 is 15.8 Å². The fourth-order valence-electron chi connectivity index (χ4n) is 3.02. The second kappa shape index (κ2) is 8.31. The van der Waals surface area contributed by atoms with Gasteiger partial charge in [-0.3, -0.25) is 4.79 Å². The van der Waals surface area contributed by atoms with E-state index in [9.17, 15) is 9.59 Å². The number of hydrogen-bond donors (Lipinski definition) is 2. The monoisotopic (exact) mass is 340 g/mol. The van der Waals surface area contributed by atoms with Crippen LogP contribution in [0.2, 0.25) is 0 Å². The highest BCUT2D eigenvalue weighted by Gasteiger charge is 2.26. The van der Waals surface area contributed by atoms with Crippen molar-refractivity contribution in [2.45, 2.75) is 45.6 Å². The summed E-state index contributed by atoms with van der Waals surface area (Å²) in [6.45, 7) is 3.77. The van der Waals surface area contributed by atoms with E-state index in [1.807, 2.05) is 19.9 Å². The number of amides is 1. The summed E-state index contributed by atoms with van der Waals surface area (Å²) in [7, 11) is 1.35. The second-order valence-electron chi connectivity index (χ2n) is 6.06. The minimum Gasteiger partial charge on any atom is -0.465 e. The maximum absolute atomic E-state index is 12.2. The number of esters is 1. The summed E-state index contributed by atoms with van der Waals surface area (Å²) in [5, 5.41) is 2.87.